The fourth-order valence-electron chi connectivity index (χ4n) is 1.38. The van der Waals surface area contributed by atoms with Crippen LogP contribution in [-0.2, 0) is 6.54 Å². The van der Waals surface area contributed by atoms with E-state index in [-0.39, 0.29) is 0 Å². The summed E-state index contributed by atoms with van der Waals surface area (Å²) in [5.41, 5.74) is 1.07. The van der Waals surface area contributed by atoms with Crippen LogP contribution in [0.15, 0.2) is 40.6 Å². The molecule has 1 N–H and O–H groups in total. The minimum Gasteiger partial charge on any atom is -0.380 e. The molecule has 1 heterocycles. The molecule has 1 aromatic heterocycles. The van der Waals surface area contributed by atoms with Gasteiger partial charge in [-0.2, -0.15) is 0 Å². The highest BCUT2D eigenvalue weighted by molar-refractivity contribution is 7.98. The van der Waals surface area contributed by atoms with Crippen LogP contribution in [0.2, 0.25) is 5.02 Å². The molecule has 0 aliphatic heterocycles. The highest BCUT2D eigenvalue weighted by Crippen LogP contribution is 2.28. The summed E-state index contributed by atoms with van der Waals surface area (Å²) in [6.45, 7) is 0.854. The summed E-state index contributed by atoms with van der Waals surface area (Å²) in [6, 6.07) is 10.3. The second-order valence-electron chi connectivity index (χ2n) is 3.28. The van der Waals surface area contributed by atoms with Crippen molar-refractivity contribution in [2.75, 3.05) is 11.6 Å². The van der Waals surface area contributed by atoms with Crippen LogP contribution >= 0.6 is 34.7 Å². The van der Waals surface area contributed by atoms with E-state index in [1.165, 1.54) is 4.88 Å². The molecule has 16 heavy (non-hydrogen) atoms. The number of hydrogen-bond acceptors (Lipinski definition) is 3. The van der Waals surface area contributed by atoms with Gasteiger partial charge in [0.05, 0.1) is 5.02 Å². The maximum Gasteiger partial charge on any atom is 0.0562 e. The van der Waals surface area contributed by atoms with Gasteiger partial charge in [0.15, 0.2) is 0 Å². The number of thiophene rings is 1. The van der Waals surface area contributed by atoms with Gasteiger partial charge in [-0.05, 0) is 35.9 Å². The van der Waals surface area contributed by atoms with Crippen LogP contribution in [0, 0.1) is 0 Å². The van der Waals surface area contributed by atoms with Gasteiger partial charge in [0.2, 0.25) is 0 Å². The highest BCUT2D eigenvalue weighted by atomic mass is 35.5. The van der Waals surface area contributed by atoms with E-state index in [0.717, 1.165) is 22.2 Å². The Morgan fingerprint density at radius 2 is 2.25 bits per heavy atom. The number of anilines is 1. The zero-order valence-electron chi connectivity index (χ0n) is 8.87. The van der Waals surface area contributed by atoms with Crippen LogP contribution in [0.3, 0.4) is 0 Å². The monoisotopic (exact) mass is 269 g/mol. The number of halogens is 1. The van der Waals surface area contributed by atoms with E-state index in [1.807, 2.05) is 18.4 Å². The molecule has 0 fully saturated rings. The Balaban J connectivity index is 2.02. The van der Waals surface area contributed by atoms with Crippen LogP contribution in [-0.4, -0.2) is 6.26 Å². The molecule has 0 atom stereocenters. The summed E-state index contributed by atoms with van der Waals surface area (Å²) in [5, 5.41) is 6.25. The average Bonchev–Trinajstić information content (AvgIpc) is 2.79. The normalized spacial score (nSPS) is 10.4. The number of benzene rings is 1. The predicted molar refractivity (Wildman–Crippen MR) is 74.9 cm³/mol. The second-order valence-corrected chi connectivity index (χ2v) is 5.57. The second kappa shape index (κ2) is 5.62. The van der Waals surface area contributed by atoms with Crippen LogP contribution in [0.5, 0.6) is 0 Å². The number of thioether (sulfide) groups is 1. The molecule has 0 saturated heterocycles. The maximum atomic E-state index is 6.13. The summed E-state index contributed by atoms with van der Waals surface area (Å²) in [6.07, 6.45) is 2.03. The highest BCUT2D eigenvalue weighted by Gasteiger charge is 2.00. The minimum atomic E-state index is 0.809. The Kier molecular flexibility index (Phi) is 4.16. The van der Waals surface area contributed by atoms with Crippen LogP contribution < -0.4 is 5.32 Å². The first kappa shape index (κ1) is 11.8. The first-order valence-electron chi connectivity index (χ1n) is 4.89. The van der Waals surface area contributed by atoms with E-state index in [0.29, 0.717) is 0 Å². The van der Waals surface area contributed by atoms with Gasteiger partial charge in [-0.1, -0.05) is 17.7 Å². The Morgan fingerprint density at radius 3 is 2.88 bits per heavy atom. The van der Waals surface area contributed by atoms with Crippen LogP contribution in [0.25, 0.3) is 0 Å². The molecule has 0 unspecified atom stereocenters. The van der Waals surface area contributed by atoms with Crippen molar-refractivity contribution in [1.82, 2.24) is 0 Å². The summed E-state index contributed by atoms with van der Waals surface area (Å²) < 4.78 is 0. The van der Waals surface area contributed by atoms with Crippen molar-refractivity contribution in [3.8, 4) is 0 Å². The molecule has 2 rings (SSSR count). The Hall–Kier alpha value is -0.640. The van der Waals surface area contributed by atoms with E-state index in [1.54, 1.807) is 23.1 Å². The summed E-state index contributed by atoms with van der Waals surface area (Å²) in [7, 11) is 0. The zero-order valence-corrected chi connectivity index (χ0v) is 11.3. The van der Waals surface area contributed by atoms with Gasteiger partial charge in [-0.3, -0.25) is 0 Å². The molecule has 0 aliphatic carbocycles. The molecular weight excluding hydrogens is 258 g/mol. The van der Waals surface area contributed by atoms with Crippen molar-refractivity contribution < 1.29 is 0 Å². The molecule has 1 aromatic carbocycles. The minimum absolute atomic E-state index is 0.809. The summed E-state index contributed by atoms with van der Waals surface area (Å²) in [5.74, 6) is 0. The van der Waals surface area contributed by atoms with E-state index >= 15 is 0 Å². The van der Waals surface area contributed by atoms with Crippen molar-refractivity contribution in [3.05, 3.63) is 45.6 Å². The molecule has 84 valence electrons. The molecule has 2 aromatic rings. The third-order valence-corrected chi connectivity index (χ3v) is 4.30. The van der Waals surface area contributed by atoms with Crippen molar-refractivity contribution in [2.24, 2.45) is 0 Å². The lowest BCUT2D eigenvalue weighted by molar-refractivity contribution is 1.19. The van der Waals surface area contributed by atoms with Gasteiger partial charge < -0.3 is 5.32 Å². The molecule has 0 saturated carbocycles. The van der Waals surface area contributed by atoms with Crippen molar-refractivity contribution in [1.29, 1.82) is 0 Å². The smallest absolute Gasteiger partial charge is 0.0562 e. The Morgan fingerprint density at radius 1 is 1.38 bits per heavy atom. The molecule has 4 heteroatoms. The summed E-state index contributed by atoms with van der Waals surface area (Å²) in [4.78, 5) is 2.44. The summed E-state index contributed by atoms with van der Waals surface area (Å²) >= 11 is 9.55. The third-order valence-electron chi connectivity index (χ3n) is 2.20. The van der Waals surface area contributed by atoms with Gasteiger partial charge in [-0.15, -0.1) is 23.1 Å². The van der Waals surface area contributed by atoms with Gasteiger partial charge in [0, 0.05) is 22.0 Å². The fraction of sp³-hybridized carbons (Fsp3) is 0.167. The number of nitrogens with one attached hydrogen (secondary N) is 1. The van der Waals surface area contributed by atoms with Gasteiger partial charge in [-0.25, -0.2) is 0 Å². The average molecular weight is 270 g/mol. The van der Waals surface area contributed by atoms with Gasteiger partial charge >= 0.3 is 0 Å². The fourth-order valence-corrected chi connectivity index (χ4v) is 2.89. The van der Waals surface area contributed by atoms with Gasteiger partial charge in [0.1, 0.15) is 0 Å². The number of rotatable bonds is 4. The van der Waals surface area contributed by atoms with Crippen molar-refractivity contribution in [2.45, 2.75) is 11.4 Å². The Bertz CT molecular complexity index is 454. The number of hydrogen-bond donors (Lipinski definition) is 1. The molecule has 0 spiro atoms. The lowest BCUT2D eigenvalue weighted by Gasteiger charge is -2.07. The molecule has 0 amide bonds. The van der Waals surface area contributed by atoms with Crippen LogP contribution in [0.4, 0.5) is 5.69 Å². The molecule has 0 radical (unpaired) electrons. The third kappa shape index (κ3) is 2.94. The quantitative estimate of drug-likeness (QED) is 0.805. The molecule has 1 nitrogen and oxygen atoms in total. The van der Waals surface area contributed by atoms with E-state index in [4.69, 9.17) is 11.6 Å². The standard InChI is InChI=1S/C12H12ClNS2/c1-15-12-5-4-9(7-11(12)13)14-8-10-3-2-6-16-10/h2-7,14H,8H2,1H3. The van der Waals surface area contributed by atoms with Crippen LogP contribution in [0.1, 0.15) is 4.88 Å². The Labute approximate surface area is 109 Å². The van der Waals surface area contributed by atoms with Gasteiger partial charge in [0.25, 0.3) is 0 Å². The predicted octanol–water partition coefficient (Wildman–Crippen LogP) is 4.74. The SMILES string of the molecule is CSc1ccc(NCc2cccs2)cc1Cl. The van der Waals surface area contributed by atoms with E-state index < -0.39 is 0 Å². The van der Waals surface area contributed by atoms with E-state index in [9.17, 15) is 0 Å². The molecule has 0 bridgehead atoms. The van der Waals surface area contributed by atoms with Crippen molar-refractivity contribution in [3.63, 3.8) is 0 Å². The largest absolute Gasteiger partial charge is 0.380 e. The van der Waals surface area contributed by atoms with Crippen molar-refractivity contribution >= 4 is 40.4 Å². The van der Waals surface area contributed by atoms with E-state index in [2.05, 4.69) is 28.9 Å². The topological polar surface area (TPSA) is 12.0 Å². The zero-order chi connectivity index (χ0) is 11.4. The molecular formula is C12H12ClNS2. The molecule has 0 aliphatic rings. The maximum absolute atomic E-state index is 6.13. The lowest BCUT2D eigenvalue weighted by Crippen LogP contribution is -1.97. The lowest BCUT2D eigenvalue weighted by atomic mass is 10.3. The first-order chi connectivity index (χ1) is 7.79. The first-order valence-corrected chi connectivity index (χ1v) is 7.37.